The molecule has 3 aromatic heterocycles. The van der Waals surface area contributed by atoms with Crippen LogP contribution in [0.15, 0.2) is 17.2 Å². The van der Waals surface area contributed by atoms with E-state index < -0.39 is 18.3 Å². The Labute approximate surface area is 173 Å². The third kappa shape index (κ3) is 3.78. The fourth-order valence-electron chi connectivity index (χ4n) is 3.47. The number of halogens is 4. The van der Waals surface area contributed by atoms with Gasteiger partial charge < -0.3 is 9.80 Å². The Hall–Kier alpha value is -2.89. The number of hydrogen-bond donors (Lipinski definition) is 0. The van der Waals surface area contributed by atoms with Crippen LogP contribution in [0.1, 0.15) is 5.82 Å². The van der Waals surface area contributed by atoms with E-state index >= 15 is 0 Å². The molecule has 0 spiro atoms. The summed E-state index contributed by atoms with van der Waals surface area (Å²) in [4.78, 5) is 25.1. The predicted molar refractivity (Wildman–Crippen MR) is 105 cm³/mol. The Kier molecular flexibility index (Phi) is 5.04. The minimum absolute atomic E-state index is 0.268. The van der Waals surface area contributed by atoms with E-state index in [4.69, 9.17) is 11.6 Å². The quantitative estimate of drug-likeness (QED) is 0.611. The molecule has 13 heteroatoms. The van der Waals surface area contributed by atoms with Gasteiger partial charge in [0.1, 0.15) is 23.2 Å². The van der Waals surface area contributed by atoms with Gasteiger partial charge in [-0.1, -0.05) is 11.6 Å². The second-order valence-electron chi connectivity index (χ2n) is 7.00. The largest absolute Gasteiger partial charge is 0.408 e. The van der Waals surface area contributed by atoms with Gasteiger partial charge in [-0.25, -0.2) is 14.6 Å². The van der Waals surface area contributed by atoms with Crippen LogP contribution in [0.3, 0.4) is 0 Å². The first-order valence-corrected chi connectivity index (χ1v) is 9.50. The summed E-state index contributed by atoms with van der Waals surface area (Å²) in [6, 6.07) is 0. The van der Waals surface area contributed by atoms with Crippen LogP contribution >= 0.6 is 11.6 Å². The van der Waals surface area contributed by atoms with Gasteiger partial charge in [-0.3, -0.25) is 9.48 Å². The highest BCUT2D eigenvalue weighted by atomic mass is 35.5. The molecule has 9 nitrogen and oxygen atoms in total. The fourth-order valence-corrected chi connectivity index (χ4v) is 3.74. The lowest BCUT2D eigenvalue weighted by atomic mass is 10.2. The highest BCUT2D eigenvalue weighted by molar-refractivity contribution is 6.33. The zero-order valence-corrected chi connectivity index (χ0v) is 16.9. The van der Waals surface area contributed by atoms with E-state index in [1.165, 1.54) is 6.20 Å². The molecule has 0 N–H and O–H groups in total. The first-order chi connectivity index (χ1) is 14.1. The van der Waals surface area contributed by atoms with Crippen molar-refractivity contribution in [2.75, 3.05) is 36.0 Å². The summed E-state index contributed by atoms with van der Waals surface area (Å²) in [6.45, 7) is 2.47. The van der Waals surface area contributed by atoms with E-state index in [1.54, 1.807) is 10.9 Å². The molecule has 1 fully saturated rings. The molecule has 0 amide bonds. The zero-order chi connectivity index (χ0) is 21.6. The van der Waals surface area contributed by atoms with E-state index in [0.717, 1.165) is 16.9 Å². The molecule has 1 saturated heterocycles. The number of nitrogens with zero attached hydrogens (tertiary/aromatic N) is 8. The summed E-state index contributed by atoms with van der Waals surface area (Å²) in [5, 5.41) is 8.46. The summed E-state index contributed by atoms with van der Waals surface area (Å²) in [6.07, 6.45) is -1.63. The first-order valence-electron chi connectivity index (χ1n) is 9.12. The Balaban J connectivity index is 1.55. The third-order valence-corrected chi connectivity index (χ3v) is 5.25. The van der Waals surface area contributed by atoms with E-state index in [1.807, 2.05) is 18.9 Å². The number of aryl methyl sites for hydroxylation is 2. The van der Waals surface area contributed by atoms with Gasteiger partial charge >= 0.3 is 6.18 Å². The molecule has 0 atom stereocenters. The van der Waals surface area contributed by atoms with Gasteiger partial charge in [0, 0.05) is 33.2 Å². The number of hydrogen-bond acceptors (Lipinski definition) is 7. The van der Waals surface area contributed by atoms with Gasteiger partial charge in [0.15, 0.2) is 5.65 Å². The summed E-state index contributed by atoms with van der Waals surface area (Å²) in [5.41, 5.74) is 0.1000. The molecule has 0 aliphatic carbocycles. The van der Waals surface area contributed by atoms with Gasteiger partial charge in [-0.2, -0.15) is 23.4 Å². The lowest BCUT2D eigenvalue weighted by Crippen LogP contribution is -2.47. The van der Waals surface area contributed by atoms with Crippen molar-refractivity contribution < 1.29 is 13.2 Å². The van der Waals surface area contributed by atoms with Crippen LogP contribution in [0.2, 0.25) is 5.02 Å². The average Bonchev–Trinajstić information content (AvgIpc) is 3.05. The summed E-state index contributed by atoms with van der Waals surface area (Å²) in [5.74, 6) is 1.40. The molecule has 1 aliphatic heterocycles. The minimum Gasteiger partial charge on any atom is -0.365 e. The molecule has 4 rings (SSSR count). The highest BCUT2D eigenvalue weighted by Crippen LogP contribution is 2.27. The monoisotopic (exact) mass is 442 g/mol. The number of rotatable bonds is 3. The maximum Gasteiger partial charge on any atom is 0.408 e. The van der Waals surface area contributed by atoms with Crippen molar-refractivity contribution in [3.8, 4) is 0 Å². The SMILES string of the molecule is Cc1nc(N2CCN(c3cnn(CC(F)(F)F)c(=O)c3Cl)CC2)c2cnn(C)c2n1. The standard InChI is InChI=1S/C17H18ClF3N8O/c1-10-24-14-11(7-22-26(14)2)15(25-10)28-5-3-27(4-6-28)12-8-23-29(9-17(19,20)21)16(30)13(12)18/h7-8H,3-6,9H2,1-2H3. The molecule has 4 heterocycles. The van der Waals surface area contributed by atoms with Crippen molar-refractivity contribution in [2.24, 2.45) is 7.05 Å². The molecule has 0 radical (unpaired) electrons. The number of aromatic nitrogens is 6. The van der Waals surface area contributed by atoms with Crippen LogP contribution in [0.5, 0.6) is 0 Å². The number of anilines is 2. The van der Waals surface area contributed by atoms with Crippen molar-refractivity contribution in [2.45, 2.75) is 19.6 Å². The van der Waals surface area contributed by atoms with Crippen molar-refractivity contribution in [1.29, 1.82) is 0 Å². The third-order valence-electron chi connectivity index (χ3n) is 4.90. The fraction of sp³-hybridized carbons (Fsp3) is 0.471. The van der Waals surface area contributed by atoms with Crippen molar-refractivity contribution in [3.63, 3.8) is 0 Å². The molecule has 1 aliphatic rings. The topological polar surface area (TPSA) is 85.0 Å². The van der Waals surface area contributed by atoms with Crippen LogP contribution in [0.25, 0.3) is 11.0 Å². The average molecular weight is 443 g/mol. The van der Waals surface area contributed by atoms with Crippen molar-refractivity contribution in [1.82, 2.24) is 29.5 Å². The van der Waals surface area contributed by atoms with Gasteiger partial charge in [-0.05, 0) is 6.92 Å². The van der Waals surface area contributed by atoms with Crippen molar-refractivity contribution >= 4 is 34.1 Å². The van der Waals surface area contributed by atoms with Gasteiger partial charge in [0.25, 0.3) is 5.56 Å². The molecule has 0 saturated carbocycles. The molecule has 3 aromatic rings. The Morgan fingerprint density at radius 3 is 2.40 bits per heavy atom. The van der Waals surface area contributed by atoms with Crippen LogP contribution in [0, 0.1) is 6.92 Å². The maximum atomic E-state index is 12.6. The molecule has 0 unspecified atom stereocenters. The molecule has 0 bridgehead atoms. The lowest BCUT2D eigenvalue weighted by Gasteiger charge is -2.37. The molecule has 30 heavy (non-hydrogen) atoms. The van der Waals surface area contributed by atoms with E-state index in [0.29, 0.717) is 42.4 Å². The van der Waals surface area contributed by atoms with Gasteiger partial charge in [0.2, 0.25) is 0 Å². The lowest BCUT2D eigenvalue weighted by molar-refractivity contribution is -0.143. The van der Waals surface area contributed by atoms with Crippen LogP contribution in [-0.4, -0.2) is 61.9 Å². The van der Waals surface area contributed by atoms with Gasteiger partial charge in [0.05, 0.1) is 23.5 Å². The minimum atomic E-state index is -4.55. The smallest absolute Gasteiger partial charge is 0.365 e. The molecular formula is C17H18ClF3N8O. The normalized spacial score (nSPS) is 15.3. The summed E-state index contributed by atoms with van der Waals surface area (Å²) in [7, 11) is 1.81. The maximum absolute atomic E-state index is 12.6. The predicted octanol–water partition coefficient (Wildman–Crippen LogP) is 1.77. The van der Waals surface area contributed by atoms with Crippen LogP contribution in [-0.2, 0) is 13.6 Å². The summed E-state index contributed by atoms with van der Waals surface area (Å²) >= 11 is 6.09. The second-order valence-corrected chi connectivity index (χ2v) is 7.37. The van der Waals surface area contributed by atoms with E-state index in [9.17, 15) is 18.0 Å². The number of alkyl halides is 3. The summed E-state index contributed by atoms with van der Waals surface area (Å²) < 4.78 is 39.7. The van der Waals surface area contributed by atoms with E-state index in [2.05, 4.69) is 25.1 Å². The molecule has 0 aromatic carbocycles. The molecule has 160 valence electrons. The Morgan fingerprint density at radius 1 is 1.07 bits per heavy atom. The van der Waals surface area contributed by atoms with Gasteiger partial charge in [-0.15, -0.1) is 0 Å². The Bertz CT molecular complexity index is 1150. The van der Waals surface area contributed by atoms with Crippen LogP contribution in [0.4, 0.5) is 24.7 Å². The molecular weight excluding hydrogens is 425 g/mol. The van der Waals surface area contributed by atoms with Crippen LogP contribution < -0.4 is 15.4 Å². The van der Waals surface area contributed by atoms with E-state index in [-0.39, 0.29) is 5.02 Å². The number of fused-ring (bicyclic) bond motifs is 1. The first kappa shape index (κ1) is 20.4. The second kappa shape index (κ2) is 7.42. The zero-order valence-electron chi connectivity index (χ0n) is 16.2. The van der Waals surface area contributed by atoms with Crippen molar-refractivity contribution in [3.05, 3.63) is 33.6 Å². The Morgan fingerprint density at radius 2 is 1.73 bits per heavy atom. The highest BCUT2D eigenvalue weighted by Gasteiger charge is 2.30. The number of piperazine rings is 1.